The van der Waals surface area contributed by atoms with Crippen molar-refractivity contribution in [1.82, 2.24) is 5.32 Å². The van der Waals surface area contributed by atoms with Crippen LogP contribution in [0.25, 0.3) is 0 Å². The van der Waals surface area contributed by atoms with Crippen molar-refractivity contribution < 1.29 is 4.79 Å². The first-order chi connectivity index (χ1) is 9.19. The van der Waals surface area contributed by atoms with E-state index in [0.29, 0.717) is 6.04 Å². The Labute approximate surface area is 115 Å². The van der Waals surface area contributed by atoms with Crippen LogP contribution in [0.4, 0.5) is 0 Å². The monoisotopic (exact) mass is 260 g/mol. The molecule has 2 unspecified atom stereocenters. The molecule has 5 aliphatic rings. The molecule has 3 heteroatoms. The molecule has 4 bridgehead atoms. The molecule has 5 aliphatic carbocycles. The van der Waals surface area contributed by atoms with Crippen molar-refractivity contribution in [2.75, 3.05) is 0 Å². The smallest absolute Gasteiger partial charge is 0.227 e. The van der Waals surface area contributed by atoms with E-state index in [-0.39, 0.29) is 17.9 Å². The van der Waals surface area contributed by atoms with Crippen LogP contribution in [0.15, 0.2) is 12.2 Å². The largest absolute Gasteiger partial charge is 0.352 e. The van der Waals surface area contributed by atoms with Crippen LogP contribution in [0.2, 0.25) is 0 Å². The maximum atomic E-state index is 12.4. The molecule has 2 atom stereocenters. The lowest BCUT2D eigenvalue weighted by Crippen LogP contribution is -2.56. The van der Waals surface area contributed by atoms with Gasteiger partial charge in [0.25, 0.3) is 0 Å². The molecule has 0 aromatic heterocycles. The van der Waals surface area contributed by atoms with Crippen molar-refractivity contribution in [3.8, 4) is 0 Å². The van der Waals surface area contributed by atoms with Crippen LogP contribution in [0.5, 0.6) is 0 Å². The third-order valence-electron chi connectivity index (χ3n) is 5.99. The third-order valence-corrected chi connectivity index (χ3v) is 5.99. The Bertz CT molecular complexity index is 389. The number of rotatable bonds is 2. The molecule has 4 fully saturated rings. The quantitative estimate of drug-likeness (QED) is 0.744. The zero-order chi connectivity index (χ0) is 13.0. The zero-order valence-corrected chi connectivity index (χ0v) is 11.4. The molecule has 3 N–H and O–H groups in total. The number of carbonyl (C=O) groups excluding carboxylic acids is 1. The number of amides is 1. The fourth-order valence-electron chi connectivity index (χ4n) is 5.35. The van der Waals surface area contributed by atoms with Gasteiger partial charge in [-0.1, -0.05) is 12.2 Å². The summed E-state index contributed by atoms with van der Waals surface area (Å²) < 4.78 is 0. The molecule has 3 nitrogen and oxygen atoms in total. The predicted molar refractivity (Wildman–Crippen MR) is 74.2 cm³/mol. The van der Waals surface area contributed by atoms with Gasteiger partial charge in [-0.3, -0.25) is 4.79 Å². The number of nitrogens with one attached hydrogen (secondary N) is 1. The second kappa shape index (κ2) is 4.34. The van der Waals surface area contributed by atoms with E-state index in [1.165, 1.54) is 32.1 Å². The van der Waals surface area contributed by atoms with E-state index in [1.54, 1.807) is 0 Å². The predicted octanol–water partition coefficient (Wildman–Crippen LogP) is 1.83. The second-order valence-corrected chi connectivity index (χ2v) is 7.36. The summed E-state index contributed by atoms with van der Waals surface area (Å²) in [5.74, 6) is 3.71. The number of nitrogens with two attached hydrogens (primary N) is 1. The maximum Gasteiger partial charge on any atom is 0.227 e. The summed E-state index contributed by atoms with van der Waals surface area (Å²) in [5, 5.41) is 3.38. The van der Waals surface area contributed by atoms with E-state index >= 15 is 0 Å². The lowest BCUT2D eigenvalue weighted by atomic mass is 9.54. The van der Waals surface area contributed by atoms with Crippen LogP contribution < -0.4 is 11.1 Å². The number of hydrogen-bond donors (Lipinski definition) is 2. The molecule has 0 aromatic rings. The highest BCUT2D eigenvalue weighted by atomic mass is 16.1. The van der Waals surface area contributed by atoms with Gasteiger partial charge in [-0.15, -0.1) is 0 Å². The van der Waals surface area contributed by atoms with E-state index in [9.17, 15) is 4.79 Å². The standard InChI is InChI=1S/C16H24N2O/c17-14-2-1-11(8-14)16(19)18-15-12-4-9-3-10(6-12)7-13(15)5-9/h1-2,9-15H,3-8,17H2,(H,18,19). The minimum absolute atomic E-state index is 0.0205. The summed E-state index contributed by atoms with van der Waals surface area (Å²) in [4.78, 5) is 12.4. The Morgan fingerprint density at radius 3 is 2.11 bits per heavy atom. The number of hydrogen-bond acceptors (Lipinski definition) is 2. The van der Waals surface area contributed by atoms with Gasteiger partial charge in [0, 0.05) is 12.1 Å². The van der Waals surface area contributed by atoms with Gasteiger partial charge in [0.15, 0.2) is 0 Å². The van der Waals surface area contributed by atoms with Crippen LogP contribution in [-0.4, -0.2) is 18.0 Å². The van der Waals surface area contributed by atoms with Crippen LogP contribution in [0.3, 0.4) is 0 Å². The molecule has 0 aliphatic heterocycles. The Kier molecular flexibility index (Phi) is 2.73. The summed E-state index contributed by atoms with van der Waals surface area (Å²) in [6, 6.07) is 0.541. The van der Waals surface area contributed by atoms with Crippen molar-refractivity contribution in [3.63, 3.8) is 0 Å². The van der Waals surface area contributed by atoms with Crippen molar-refractivity contribution in [1.29, 1.82) is 0 Å². The third kappa shape index (κ3) is 2.03. The first-order valence-electron chi connectivity index (χ1n) is 7.93. The van der Waals surface area contributed by atoms with Gasteiger partial charge in [-0.2, -0.15) is 0 Å². The van der Waals surface area contributed by atoms with Gasteiger partial charge in [0.1, 0.15) is 0 Å². The molecular weight excluding hydrogens is 236 g/mol. The molecule has 0 spiro atoms. The Hall–Kier alpha value is -0.830. The minimum Gasteiger partial charge on any atom is -0.352 e. The highest BCUT2D eigenvalue weighted by molar-refractivity contribution is 5.81. The van der Waals surface area contributed by atoms with Crippen molar-refractivity contribution >= 4 is 5.91 Å². The topological polar surface area (TPSA) is 55.1 Å². The first-order valence-corrected chi connectivity index (χ1v) is 7.93. The van der Waals surface area contributed by atoms with Gasteiger partial charge >= 0.3 is 0 Å². The van der Waals surface area contributed by atoms with Gasteiger partial charge in [-0.05, 0) is 62.2 Å². The van der Waals surface area contributed by atoms with Crippen molar-refractivity contribution in [2.45, 2.75) is 50.6 Å². The van der Waals surface area contributed by atoms with Crippen LogP contribution >= 0.6 is 0 Å². The van der Waals surface area contributed by atoms with Crippen molar-refractivity contribution in [3.05, 3.63) is 12.2 Å². The minimum atomic E-state index is 0.0205. The maximum absolute atomic E-state index is 12.4. The summed E-state index contributed by atoms with van der Waals surface area (Å²) in [7, 11) is 0. The zero-order valence-electron chi connectivity index (χ0n) is 11.4. The van der Waals surface area contributed by atoms with Crippen LogP contribution in [-0.2, 0) is 4.79 Å². The SMILES string of the molecule is NC1C=CC(C(=O)NC2C3CC4CC(C3)CC2C4)C1. The molecule has 0 saturated heterocycles. The van der Waals surface area contributed by atoms with Gasteiger partial charge < -0.3 is 11.1 Å². The normalized spacial score (nSPS) is 50.7. The van der Waals surface area contributed by atoms with E-state index in [4.69, 9.17) is 5.73 Å². The first kappa shape index (κ1) is 12.0. The van der Waals surface area contributed by atoms with Gasteiger partial charge in [-0.25, -0.2) is 0 Å². The lowest BCUT2D eigenvalue weighted by molar-refractivity contribution is -0.127. The lowest BCUT2D eigenvalue weighted by Gasteiger charge is -2.54. The van der Waals surface area contributed by atoms with E-state index in [2.05, 4.69) is 5.32 Å². The summed E-state index contributed by atoms with van der Waals surface area (Å²) >= 11 is 0. The molecule has 0 aromatic carbocycles. The highest BCUT2D eigenvalue weighted by Crippen LogP contribution is 2.53. The highest BCUT2D eigenvalue weighted by Gasteiger charge is 2.48. The summed E-state index contributed by atoms with van der Waals surface area (Å²) in [6.45, 7) is 0. The summed E-state index contributed by atoms with van der Waals surface area (Å²) in [5.41, 5.74) is 5.85. The molecule has 19 heavy (non-hydrogen) atoms. The van der Waals surface area contributed by atoms with Crippen molar-refractivity contribution in [2.24, 2.45) is 35.3 Å². The summed E-state index contributed by atoms with van der Waals surface area (Å²) in [6.07, 6.45) is 11.7. The molecular formula is C16H24N2O. The molecule has 5 rings (SSSR count). The Balaban J connectivity index is 1.43. The molecule has 4 saturated carbocycles. The van der Waals surface area contributed by atoms with Gasteiger partial charge in [0.05, 0.1) is 5.92 Å². The Morgan fingerprint density at radius 1 is 0.947 bits per heavy atom. The second-order valence-electron chi connectivity index (χ2n) is 7.36. The van der Waals surface area contributed by atoms with Crippen LogP contribution in [0.1, 0.15) is 38.5 Å². The van der Waals surface area contributed by atoms with Crippen LogP contribution in [0, 0.1) is 29.6 Å². The molecule has 1 amide bonds. The fourth-order valence-corrected chi connectivity index (χ4v) is 5.35. The van der Waals surface area contributed by atoms with Gasteiger partial charge in [0.2, 0.25) is 5.91 Å². The van der Waals surface area contributed by atoms with E-state index < -0.39 is 0 Å². The molecule has 104 valence electrons. The molecule has 0 heterocycles. The Morgan fingerprint density at radius 2 is 1.58 bits per heavy atom. The number of carbonyl (C=O) groups is 1. The molecule has 0 radical (unpaired) electrons. The average Bonchev–Trinajstić information content (AvgIpc) is 2.79. The van der Waals surface area contributed by atoms with E-state index in [1.807, 2.05) is 12.2 Å². The van der Waals surface area contributed by atoms with E-state index in [0.717, 1.165) is 30.1 Å². The fraction of sp³-hybridized carbons (Fsp3) is 0.812. The average molecular weight is 260 g/mol.